The fraction of sp³-hybridized carbons (Fsp3) is 0.367. The molecule has 1 N–H and O–H groups in total. The van der Waals surface area contributed by atoms with Crippen molar-refractivity contribution < 1.29 is 29.0 Å². The summed E-state index contributed by atoms with van der Waals surface area (Å²) in [4.78, 5) is 40.4. The van der Waals surface area contributed by atoms with Crippen LogP contribution in [0.3, 0.4) is 0 Å². The molecule has 2 aliphatic carbocycles. The second kappa shape index (κ2) is 11.8. The Hall–Kier alpha value is -2.66. The predicted molar refractivity (Wildman–Crippen MR) is 158 cm³/mol. The molecule has 0 spiro atoms. The van der Waals surface area contributed by atoms with E-state index in [-0.39, 0.29) is 24.5 Å². The highest BCUT2D eigenvalue weighted by Crippen LogP contribution is 2.50. The topological polar surface area (TPSA) is 93.1 Å². The maximum absolute atomic E-state index is 13.5. The molecule has 0 amide bonds. The number of carbonyl (C=O) groups excluding carboxylic acids is 2. The van der Waals surface area contributed by atoms with Gasteiger partial charge in [-0.15, -0.1) is 0 Å². The van der Waals surface area contributed by atoms with Crippen LogP contribution in [0.2, 0.25) is 0 Å². The van der Waals surface area contributed by atoms with Crippen molar-refractivity contribution in [2.24, 2.45) is 0 Å². The third-order valence-corrected chi connectivity index (χ3v) is 8.85. The first-order valence-corrected chi connectivity index (χ1v) is 14.9. The molecule has 0 atom stereocenters. The zero-order valence-electron chi connectivity index (χ0n) is 21.6. The highest BCUT2D eigenvalue weighted by molar-refractivity contribution is 14.1. The number of methoxy groups -OCH3 is 1. The summed E-state index contributed by atoms with van der Waals surface area (Å²) in [5.74, 6) is -0.203. The number of allylic oxidation sites excluding steroid dienone is 4. The lowest BCUT2D eigenvalue weighted by atomic mass is 9.71. The Morgan fingerprint density at radius 3 is 2.21 bits per heavy atom. The van der Waals surface area contributed by atoms with E-state index in [1.807, 2.05) is 41.3 Å². The van der Waals surface area contributed by atoms with E-state index in [1.54, 1.807) is 7.11 Å². The summed E-state index contributed by atoms with van der Waals surface area (Å²) < 4.78 is 13.8. The molecule has 5 rings (SSSR count). The number of rotatable bonds is 8. The lowest BCUT2D eigenvalue weighted by Crippen LogP contribution is -2.40. The largest absolute Gasteiger partial charge is 0.493 e. The number of Topliss-reactive ketones (excluding diaryl/α,β-unsaturated/α-hetero) is 2. The third-order valence-electron chi connectivity index (χ3n) is 7.52. The molecular weight excluding hydrogens is 677 g/mol. The van der Waals surface area contributed by atoms with E-state index >= 15 is 0 Å². The second-order valence-corrected chi connectivity index (χ2v) is 12.0. The zero-order chi connectivity index (χ0) is 27.7. The van der Waals surface area contributed by atoms with Gasteiger partial charge in [0, 0.05) is 52.3 Å². The summed E-state index contributed by atoms with van der Waals surface area (Å²) in [6, 6.07) is 11.8. The maximum Gasteiger partial charge on any atom is 0.305 e. The van der Waals surface area contributed by atoms with Gasteiger partial charge in [0.25, 0.3) is 0 Å². The van der Waals surface area contributed by atoms with Gasteiger partial charge in [-0.1, -0.05) is 28.1 Å². The van der Waals surface area contributed by atoms with Crippen LogP contribution in [0.4, 0.5) is 0 Å². The number of ketones is 2. The molecule has 0 radical (unpaired) electrons. The molecule has 0 saturated carbocycles. The van der Waals surface area contributed by atoms with Gasteiger partial charge in [-0.25, -0.2) is 0 Å². The molecule has 204 valence electrons. The van der Waals surface area contributed by atoms with Gasteiger partial charge in [-0.05, 0) is 83.7 Å². The van der Waals surface area contributed by atoms with Crippen molar-refractivity contribution in [3.63, 3.8) is 0 Å². The number of nitrogens with zero attached hydrogens (tertiary/aromatic N) is 1. The van der Waals surface area contributed by atoms with Gasteiger partial charge < -0.3 is 19.5 Å². The number of carbonyl (C=O) groups is 3. The summed E-state index contributed by atoms with van der Waals surface area (Å²) in [5.41, 5.74) is 4.82. The number of aliphatic carboxylic acids is 1. The monoisotopic (exact) mass is 705 g/mol. The Morgan fingerprint density at radius 1 is 1.03 bits per heavy atom. The lowest BCUT2D eigenvalue weighted by Gasteiger charge is -2.44. The molecule has 0 unspecified atom stereocenters. The van der Waals surface area contributed by atoms with Crippen molar-refractivity contribution in [2.75, 3.05) is 13.7 Å². The van der Waals surface area contributed by atoms with Crippen molar-refractivity contribution in [1.82, 2.24) is 4.90 Å². The minimum Gasteiger partial charge on any atom is -0.493 e. The smallest absolute Gasteiger partial charge is 0.305 e. The summed E-state index contributed by atoms with van der Waals surface area (Å²) in [6.07, 6.45) is 3.58. The molecule has 0 aromatic heterocycles. The molecule has 0 saturated heterocycles. The van der Waals surface area contributed by atoms with Crippen LogP contribution in [-0.4, -0.2) is 41.2 Å². The van der Waals surface area contributed by atoms with Gasteiger partial charge in [0.1, 0.15) is 6.61 Å². The maximum atomic E-state index is 13.5. The average molecular weight is 706 g/mol. The summed E-state index contributed by atoms with van der Waals surface area (Å²) in [7, 11) is 1.59. The van der Waals surface area contributed by atoms with Crippen LogP contribution in [0.15, 0.2) is 63.4 Å². The lowest BCUT2D eigenvalue weighted by molar-refractivity contribution is -0.137. The molecule has 2 aromatic rings. The van der Waals surface area contributed by atoms with Gasteiger partial charge in [-0.2, -0.15) is 0 Å². The van der Waals surface area contributed by atoms with Crippen LogP contribution in [0.25, 0.3) is 0 Å². The zero-order valence-corrected chi connectivity index (χ0v) is 25.3. The van der Waals surface area contributed by atoms with Crippen LogP contribution in [0.5, 0.6) is 11.5 Å². The van der Waals surface area contributed by atoms with Crippen LogP contribution in [-0.2, 0) is 21.0 Å². The first kappa shape index (κ1) is 27.9. The van der Waals surface area contributed by atoms with Crippen LogP contribution < -0.4 is 9.47 Å². The normalized spacial score (nSPS) is 17.8. The van der Waals surface area contributed by atoms with E-state index in [1.165, 1.54) is 0 Å². The molecular formula is C30H29BrINO6. The Morgan fingerprint density at radius 2 is 1.64 bits per heavy atom. The summed E-state index contributed by atoms with van der Waals surface area (Å²) >= 11 is 5.67. The first-order valence-electron chi connectivity index (χ1n) is 13.0. The highest BCUT2D eigenvalue weighted by atomic mass is 127. The van der Waals surface area contributed by atoms with E-state index in [0.29, 0.717) is 67.8 Å². The van der Waals surface area contributed by atoms with Crippen molar-refractivity contribution in [3.8, 4) is 11.5 Å². The molecule has 0 fully saturated rings. The number of carboxylic acids is 1. The fourth-order valence-electron chi connectivity index (χ4n) is 5.81. The Kier molecular flexibility index (Phi) is 8.46. The summed E-state index contributed by atoms with van der Waals surface area (Å²) in [5, 5.41) is 9.39. The van der Waals surface area contributed by atoms with Crippen LogP contribution in [0.1, 0.15) is 62.0 Å². The highest BCUT2D eigenvalue weighted by Gasteiger charge is 2.43. The number of carboxylic acid groups (broad SMARTS) is 1. The average Bonchev–Trinajstić information content (AvgIpc) is 2.91. The van der Waals surface area contributed by atoms with Gasteiger partial charge in [0.05, 0.1) is 17.1 Å². The van der Waals surface area contributed by atoms with E-state index < -0.39 is 11.9 Å². The van der Waals surface area contributed by atoms with Gasteiger partial charge in [0.2, 0.25) is 0 Å². The van der Waals surface area contributed by atoms with Crippen LogP contribution >= 0.6 is 38.5 Å². The molecule has 0 bridgehead atoms. The standard InChI is InChI=1S/C30H29BrINO6/c1-38-25-15-18(14-20(32)30(25)39-16-17-8-10-19(31)11-9-17)27-28-21(4-2-6-23(28)34)33(13-12-26(36)37)22-5-3-7-24(35)29(22)27/h8-11,14-15,27H,2-7,12-13,16H2,1H3,(H,36,37). The second-order valence-electron chi connectivity index (χ2n) is 9.95. The van der Waals surface area contributed by atoms with Crippen molar-refractivity contribution >= 4 is 56.1 Å². The Balaban J connectivity index is 1.58. The molecule has 9 heteroatoms. The summed E-state index contributed by atoms with van der Waals surface area (Å²) in [6.45, 7) is 0.618. The fourth-order valence-corrected chi connectivity index (χ4v) is 6.86. The van der Waals surface area contributed by atoms with Crippen molar-refractivity contribution in [2.45, 2.75) is 57.5 Å². The van der Waals surface area contributed by atoms with Gasteiger partial charge in [0.15, 0.2) is 23.1 Å². The SMILES string of the molecule is COc1cc(C2C3=C(CCCC3=O)N(CCC(=O)O)C3=C2C(=O)CCC3)cc(I)c1OCc1ccc(Br)cc1. The quantitative estimate of drug-likeness (QED) is 0.313. The minimum atomic E-state index is -0.899. The van der Waals surface area contributed by atoms with Crippen LogP contribution in [0, 0.1) is 3.57 Å². The van der Waals surface area contributed by atoms with Gasteiger partial charge >= 0.3 is 5.97 Å². The number of halogens is 2. The van der Waals surface area contributed by atoms with Crippen molar-refractivity contribution in [3.05, 3.63) is 78.1 Å². The van der Waals surface area contributed by atoms with E-state index in [0.717, 1.165) is 30.6 Å². The molecule has 7 nitrogen and oxygen atoms in total. The molecule has 1 heterocycles. The van der Waals surface area contributed by atoms with Crippen molar-refractivity contribution in [1.29, 1.82) is 0 Å². The molecule has 3 aliphatic rings. The molecule has 1 aliphatic heterocycles. The minimum absolute atomic E-state index is 0.0241. The van der Waals surface area contributed by atoms with E-state index in [4.69, 9.17) is 9.47 Å². The van der Waals surface area contributed by atoms with Gasteiger partial charge in [-0.3, -0.25) is 14.4 Å². The number of hydrogen-bond donors (Lipinski definition) is 1. The van der Waals surface area contributed by atoms with E-state index in [9.17, 15) is 19.5 Å². The first-order chi connectivity index (χ1) is 18.8. The molecule has 39 heavy (non-hydrogen) atoms. The number of hydrogen-bond acceptors (Lipinski definition) is 6. The number of benzene rings is 2. The molecule has 2 aromatic carbocycles. The Bertz CT molecular complexity index is 1350. The third kappa shape index (κ3) is 5.66. The predicted octanol–water partition coefficient (Wildman–Crippen LogP) is 6.53. The van der Waals surface area contributed by atoms with E-state index in [2.05, 4.69) is 38.5 Å². The Labute approximate surface area is 249 Å². The number of ether oxygens (including phenoxy) is 2.